The number of nitriles is 1. The number of hydrogen-bond acceptors (Lipinski definition) is 5. The number of amides is 1. The molecule has 1 unspecified atom stereocenters. The normalized spacial score (nSPS) is 23.5. The number of benzene rings is 1. The summed E-state index contributed by atoms with van der Waals surface area (Å²) >= 11 is 1.70. The van der Waals surface area contributed by atoms with Crippen molar-refractivity contribution in [3.63, 3.8) is 0 Å². The third-order valence-corrected chi connectivity index (χ3v) is 5.75. The highest BCUT2D eigenvalue weighted by Crippen LogP contribution is 2.45. The summed E-state index contributed by atoms with van der Waals surface area (Å²) in [6.45, 7) is 4.45. The Labute approximate surface area is 147 Å². The summed E-state index contributed by atoms with van der Waals surface area (Å²) in [7, 11) is 0. The Hall–Kier alpha value is -1.55. The Kier molecular flexibility index (Phi) is 5.14. The van der Waals surface area contributed by atoms with Crippen LogP contribution in [0.5, 0.6) is 0 Å². The van der Waals surface area contributed by atoms with Crippen LogP contribution in [0.2, 0.25) is 0 Å². The quantitative estimate of drug-likeness (QED) is 0.803. The van der Waals surface area contributed by atoms with Gasteiger partial charge >= 0.3 is 0 Å². The van der Waals surface area contributed by atoms with Gasteiger partial charge in [0.1, 0.15) is 0 Å². The summed E-state index contributed by atoms with van der Waals surface area (Å²) in [5, 5.41) is 19.9. The molecule has 24 heavy (non-hydrogen) atoms. The molecule has 128 valence electrons. The Bertz CT molecular complexity index is 667. The van der Waals surface area contributed by atoms with E-state index in [1.807, 2.05) is 25.1 Å². The van der Waals surface area contributed by atoms with Crippen molar-refractivity contribution in [3.05, 3.63) is 23.8 Å². The van der Waals surface area contributed by atoms with E-state index < -0.39 is 5.60 Å². The average molecular weight is 345 g/mol. The van der Waals surface area contributed by atoms with Gasteiger partial charge in [-0.05, 0) is 49.4 Å². The predicted octanol–water partition coefficient (Wildman–Crippen LogP) is 3.04. The van der Waals surface area contributed by atoms with Crippen LogP contribution in [0, 0.1) is 11.3 Å². The molecule has 1 atom stereocenters. The lowest BCUT2D eigenvalue weighted by molar-refractivity contribution is -0.136. The minimum absolute atomic E-state index is 0.262. The number of nitrogens with zero attached hydrogens (tertiary/aromatic N) is 3. The number of aliphatic hydroxyl groups is 1. The zero-order valence-electron chi connectivity index (χ0n) is 14.0. The first kappa shape index (κ1) is 17.3. The van der Waals surface area contributed by atoms with Crippen molar-refractivity contribution < 1.29 is 9.90 Å². The van der Waals surface area contributed by atoms with Crippen LogP contribution in [0.25, 0.3) is 0 Å². The van der Waals surface area contributed by atoms with Gasteiger partial charge in [0.15, 0.2) is 5.60 Å². The maximum Gasteiger partial charge on any atom is 0.263 e. The van der Waals surface area contributed by atoms with Crippen LogP contribution >= 0.6 is 11.9 Å². The molecule has 0 spiro atoms. The van der Waals surface area contributed by atoms with Crippen molar-refractivity contribution in [2.75, 3.05) is 24.5 Å². The third-order valence-electron chi connectivity index (χ3n) is 4.66. The molecule has 1 saturated heterocycles. The first-order valence-corrected chi connectivity index (χ1v) is 9.36. The van der Waals surface area contributed by atoms with E-state index in [1.165, 1.54) is 12.8 Å². The molecule has 3 rings (SSSR count). The molecule has 1 amide bonds. The maximum atomic E-state index is 12.8. The van der Waals surface area contributed by atoms with Crippen LogP contribution < -0.4 is 4.90 Å². The van der Waals surface area contributed by atoms with Crippen LogP contribution in [0.4, 0.5) is 5.69 Å². The average Bonchev–Trinajstić information content (AvgIpc) is 3.14. The zero-order valence-corrected chi connectivity index (χ0v) is 14.8. The fourth-order valence-corrected chi connectivity index (χ4v) is 4.54. The number of carbonyl (C=O) groups excluding carboxylic acids is 1. The van der Waals surface area contributed by atoms with Gasteiger partial charge in [-0.3, -0.25) is 4.79 Å². The standard InChI is InChI=1S/C18H23N3O2S/c1-2-8-18(23)15-13-14(24-20-10-3-4-11-20)6-7-16(15)21(17(18)22)12-5-9-19/h6-7,13,23H,2-5,8,10-12H2,1H3. The summed E-state index contributed by atoms with van der Waals surface area (Å²) < 4.78 is 2.32. The lowest BCUT2D eigenvalue weighted by Gasteiger charge is -2.22. The predicted molar refractivity (Wildman–Crippen MR) is 94.5 cm³/mol. The number of carbonyl (C=O) groups is 1. The van der Waals surface area contributed by atoms with Crippen molar-refractivity contribution >= 4 is 23.5 Å². The fourth-order valence-electron chi connectivity index (χ4n) is 3.50. The van der Waals surface area contributed by atoms with Crippen molar-refractivity contribution in [1.82, 2.24) is 4.31 Å². The molecule has 0 aromatic heterocycles. The van der Waals surface area contributed by atoms with Gasteiger partial charge in [-0.15, -0.1) is 0 Å². The van der Waals surface area contributed by atoms with E-state index in [1.54, 1.807) is 16.8 Å². The SMILES string of the molecule is CCCC1(O)C(=O)N(CCC#N)c2ccc(SN3CCCC3)cc21. The van der Waals surface area contributed by atoms with Crippen molar-refractivity contribution in [1.29, 1.82) is 5.26 Å². The molecule has 6 heteroatoms. The van der Waals surface area contributed by atoms with Gasteiger partial charge in [-0.25, -0.2) is 4.31 Å². The number of anilines is 1. The van der Waals surface area contributed by atoms with Crippen LogP contribution in [0.15, 0.2) is 23.1 Å². The first-order chi connectivity index (χ1) is 11.6. The smallest absolute Gasteiger partial charge is 0.263 e. The molecule has 0 radical (unpaired) electrons. The molecular weight excluding hydrogens is 322 g/mol. The van der Waals surface area contributed by atoms with E-state index >= 15 is 0 Å². The molecule has 2 heterocycles. The molecule has 0 bridgehead atoms. The molecule has 2 aliphatic rings. The van der Waals surface area contributed by atoms with E-state index in [4.69, 9.17) is 5.26 Å². The second-order valence-corrected chi connectivity index (χ2v) is 7.55. The molecule has 1 aromatic rings. The fraction of sp³-hybridized carbons (Fsp3) is 0.556. The molecule has 1 N–H and O–H groups in total. The Morgan fingerprint density at radius 3 is 2.79 bits per heavy atom. The van der Waals surface area contributed by atoms with E-state index in [2.05, 4.69) is 10.4 Å². The van der Waals surface area contributed by atoms with Crippen LogP contribution in [-0.4, -0.2) is 35.0 Å². The molecule has 2 aliphatic heterocycles. The van der Waals surface area contributed by atoms with Gasteiger partial charge in [-0.1, -0.05) is 13.3 Å². The van der Waals surface area contributed by atoms with Crippen LogP contribution in [0.1, 0.15) is 44.6 Å². The Morgan fingerprint density at radius 1 is 1.38 bits per heavy atom. The zero-order chi connectivity index (χ0) is 17.2. The highest BCUT2D eigenvalue weighted by atomic mass is 32.2. The van der Waals surface area contributed by atoms with Gasteiger partial charge in [0.05, 0.1) is 18.2 Å². The summed E-state index contributed by atoms with van der Waals surface area (Å²) in [5.41, 5.74) is -0.0188. The van der Waals surface area contributed by atoms with Crippen LogP contribution in [0.3, 0.4) is 0 Å². The van der Waals surface area contributed by atoms with E-state index in [-0.39, 0.29) is 12.3 Å². The molecule has 1 fully saturated rings. The molecular formula is C18H23N3O2S. The summed E-state index contributed by atoms with van der Waals surface area (Å²) in [5.74, 6) is -0.294. The van der Waals surface area contributed by atoms with Crippen LogP contribution in [-0.2, 0) is 10.4 Å². The van der Waals surface area contributed by atoms with Gasteiger partial charge in [-0.2, -0.15) is 5.26 Å². The van der Waals surface area contributed by atoms with Gasteiger partial charge in [0.25, 0.3) is 5.91 Å². The second kappa shape index (κ2) is 7.14. The maximum absolute atomic E-state index is 12.8. The summed E-state index contributed by atoms with van der Waals surface area (Å²) in [4.78, 5) is 15.4. The Morgan fingerprint density at radius 2 is 2.12 bits per heavy atom. The monoisotopic (exact) mass is 345 g/mol. The van der Waals surface area contributed by atoms with Gasteiger partial charge < -0.3 is 10.0 Å². The van der Waals surface area contributed by atoms with Crippen molar-refractivity contribution in [3.8, 4) is 6.07 Å². The highest BCUT2D eigenvalue weighted by molar-refractivity contribution is 7.97. The largest absolute Gasteiger partial charge is 0.375 e. The topological polar surface area (TPSA) is 67.6 Å². The van der Waals surface area contributed by atoms with Crippen molar-refractivity contribution in [2.24, 2.45) is 0 Å². The minimum Gasteiger partial charge on any atom is -0.375 e. The lowest BCUT2D eigenvalue weighted by atomic mass is 9.91. The summed E-state index contributed by atoms with van der Waals surface area (Å²) in [6, 6.07) is 7.95. The summed E-state index contributed by atoms with van der Waals surface area (Å²) in [6.07, 6.45) is 3.82. The lowest BCUT2D eigenvalue weighted by Crippen LogP contribution is -2.40. The second-order valence-electron chi connectivity index (χ2n) is 6.38. The molecule has 5 nitrogen and oxygen atoms in total. The Balaban J connectivity index is 1.93. The van der Waals surface area contributed by atoms with Gasteiger partial charge in [0, 0.05) is 30.1 Å². The number of hydrogen-bond donors (Lipinski definition) is 1. The highest BCUT2D eigenvalue weighted by Gasteiger charge is 2.48. The van der Waals surface area contributed by atoms with E-state index in [9.17, 15) is 9.90 Å². The molecule has 1 aromatic carbocycles. The molecule has 0 saturated carbocycles. The minimum atomic E-state index is -1.46. The van der Waals surface area contributed by atoms with Crippen molar-refractivity contribution in [2.45, 2.75) is 49.5 Å². The van der Waals surface area contributed by atoms with Gasteiger partial charge in [0.2, 0.25) is 0 Å². The first-order valence-electron chi connectivity index (χ1n) is 8.59. The van der Waals surface area contributed by atoms with E-state index in [0.29, 0.717) is 18.5 Å². The third kappa shape index (κ3) is 3.04. The number of fused-ring (bicyclic) bond motifs is 1. The number of rotatable bonds is 6. The molecule has 0 aliphatic carbocycles. The van der Waals surface area contributed by atoms with E-state index in [0.717, 1.165) is 30.1 Å².